The number of thiocarbonyl (C=S) groups is 1. The van der Waals surface area contributed by atoms with Gasteiger partial charge in [-0.3, -0.25) is 14.9 Å². The number of anilines is 1. The van der Waals surface area contributed by atoms with Crippen LogP contribution in [0.25, 0.3) is 0 Å². The average Bonchev–Trinajstić information content (AvgIpc) is 3.40. The van der Waals surface area contributed by atoms with Crippen LogP contribution >= 0.6 is 12.2 Å². The molecule has 3 aromatic carbocycles. The van der Waals surface area contributed by atoms with Crippen molar-refractivity contribution < 1.29 is 14.3 Å². The monoisotopic (exact) mass is 473 g/mol. The van der Waals surface area contributed by atoms with Gasteiger partial charge in [-0.1, -0.05) is 36.4 Å². The second kappa shape index (κ2) is 11.4. The van der Waals surface area contributed by atoms with Crippen LogP contribution in [0.1, 0.15) is 39.1 Å². The summed E-state index contributed by atoms with van der Waals surface area (Å²) in [4.78, 5) is 27.0. The third-order valence-electron chi connectivity index (χ3n) is 5.61. The summed E-state index contributed by atoms with van der Waals surface area (Å²) in [5.41, 5.74) is 2.99. The summed E-state index contributed by atoms with van der Waals surface area (Å²) in [7, 11) is 0. The SMILES string of the molecule is O=C(NC(=S)Nc1ccc(C(=O)N2CCCC2)cc1)c1cccc(OCCc2ccccc2)c1. The summed E-state index contributed by atoms with van der Waals surface area (Å²) in [5, 5.41) is 5.85. The van der Waals surface area contributed by atoms with Gasteiger partial charge in [0.25, 0.3) is 11.8 Å². The number of carbonyl (C=O) groups is 2. The Morgan fingerprint density at radius 1 is 0.882 bits per heavy atom. The standard InChI is InChI=1S/C27H27N3O3S/c31-25(22-9-6-10-24(19-22)33-18-15-20-7-2-1-3-8-20)29-27(34)28-23-13-11-21(12-14-23)26(32)30-16-4-5-17-30/h1-3,6-14,19H,4-5,15-18H2,(H2,28,29,31,34). The predicted molar refractivity (Wildman–Crippen MR) is 137 cm³/mol. The molecule has 0 radical (unpaired) electrons. The molecule has 1 aliphatic heterocycles. The van der Waals surface area contributed by atoms with Crippen molar-refractivity contribution in [3.8, 4) is 5.75 Å². The highest BCUT2D eigenvalue weighted by molar-refractivity contribution is 7.80. The zero-order valence-corrected chi connectivity index (χ0v) is 19.6. The lowest BCUT2D eigenvalue weighted by atomic mass is 10.1. The Bertz CT molecular complexity index is 1140. The fraction of sp³-hybridized carbons (Fsp3) is 0.222. The lowest BCUT2D eigenvalue weighted by Gasteiger charge is -2.15. The molecule has 1 saturated heterocycles. The number of ether oxygens (including phenoxy) is 1. The Balaban J connectivity index is 1.27. The molecule has 7 heteroatoms. The number of carbonyl (C=O) groups excluding carboxylic acids is 2. The molecule has 34 heavy (non-hydrogen) atoms. The summed E-state index contributed by atoms with van der Waals surface area (Å²) >= 11 is 5.29. The molecule has 0 unspecified atom stereocenters. The Hall–Kier alpha value is -3.71. The topological polar surface area (TPSA) is 70.7 Å². The first-order valence-electron chi connectivity index (χ1n) is 11.4. The lowest BCUT2D eigenvalue weighted by Crippen LogP contribution is -2.34. The van der Waals surface area contributed by atoms with Crippen LogP contribution in [0.4, 0.5) is 5.69 Å². The van der Waals surface area contributed by atoms with Gasteiger partial charge in [0.05, 0.1) is 6.61 Å². The van der Waals surface area contributed by atoms with Crippen LogP contribution in [0.15, 0.2) is 78.9 Å². The highest BCUT2D eigenvalue weighted by Crippen LogP contribution is 2.16. The van der Waals surface area contributed by atoms with Gasteiger partial charge in [-0.25, -0.2) is 0 Å². The number of likely N-dealkylation sites (tertiary alicyclic amines) is 1. The summed E-state index contributed by atoms with van der Waals surface area (Å²) < 4.78 is 5.81. The van der Waals surface area contributed by atoms with Crippen molar-refractivity contribution >= 4 is 34.8 Å². The second-order valence-electron chi connectivity index (χ2n) is 8.10. The van der Waals surface area contributed by atoms with Crippen molar-refractivity contribution in [2.24, 2.45) is 0 Å². The van der Waals surface area contributed by atoms with Crippen molar-refractivity contribution in [1.82, 2.24) is 10.2 Å². The van der Waals surface area contributed by atoms with Crippen LogP contribution in [0.3, 0.4) is 0 Å². The number of nitrogens with one attached hydrogen (secondary N) is 2. The molecule has 3 aromatic rings. The second-order valence-corrected chi connectivity index (χ2v) is 8.51. The van der Waals surface area contributed by atoms with Gasteiger partial charge in [-0.05, 0) is 73.1 Å². The van der Waals surface area contributed by atoms with Crippen molar-refractivity contribution in [2.75, 3.05) is 25.0 Å². The Kier molecular flexibility index (Phi) is 7.88. The first-order chi connectivity index (χ1) is 16.6. The molecule has 0 aliphatic carbocycles. The minimum atomic E-state index is -0.327. The van der Waals surface area contributed by atoms with Crippen molar-refractivity contribution in [3.05, 3.63) is 95.6 Å². The Morgan fingerprint density at radius 3 is 2.35 bits per heavy atom. The molecule has 0 aromatic heterocycles. The molecule has 1 fully saturated rings. The molecular formula is C27H27N3O3S. The maximum atomic E-state index is 12.6. The van der Waals surface area contributed by atoms with Gasteiger partial charge in [0.2, 0.25) is 0 Å². The molecule has 0 spiro atoms. The van der Waals surface area contributed by atoms with Crippen molar-refractivity contribution in [3.63, 3.8) is 0 Å². The highest BCUT2D eigenvalue weighted by Gasteiger charge is 2.19. The summed E-state index contributed by atoms with van der Waals surface area (Å²) in [6, 6.07) is 24.2. The van der Waals surface area contributed by atoms with Gasteiger partial charge < -0.3 is 15.0 Å². The van der Waals surface area contributed by atoms with E-state index in [0.717, 1.165) is 32.4 Å². The third kappa shape index (κ3) is 6.42. The van der Waals surface area contributed by atoms with E-state index in [9.17, 15) is 9.59 Å². The maximum Gasteiger partial charge on any atom is 0.257 e. The molecule has 174 valence electrons. The Labute approximate surface area is 204 Å². The zero-order chi connectivity index (χ0) is 23.8. The van der Waals surface area contributed by atoms with Gasteiger partial charge in [0.1, 0.15) is 5.75 Å². The van der Waals surface area contributed by atoms with Crippen LogP contribution in [0.5, 0.6) is 5.75 Å². The van der Waals surface area contributed by atoms with Gasteiger partial charge in [-0.2, -0.15) is 0 Å². The molecule has 1 aliphatic rings. The average molecular weight is 474 g/mol. The van der Waals surface area contributed by atoms with E-state index >= 15 is 0 Å². The molecule has 1 heterocycles. The molecule has 4 rings (SSSR count). The van der Waals surface area contributed by atoms with Gasteiger partial charge in [0, 0.05) is 36.3 Å². The first kappa shape index (κ1) is 23.4. The lowest BCUT2D eigenvalue weighted by molar-refractivity contribution is 0.0792. The van der Waals surface area contributed by atoms with E-state index in [4.69, 9.17) is 17.0 Å². The molecule has 0 bridgehead atoms. The van der Waals surface area contributed by atoms with Crippen LogP contribution in [0, 0.1) is 0 Å². The molecule has 2 N–H and O–H groups in total. The van der Waals surface area contributed by atoms with Gasteiger partial charge >= 0.3 is 0 Å². The molecular weight excluding hydrogens is 446 g/mol. The highest BCUT2D eigenvalue weighted by atomic mass is 32.1. The van der Waals surface area contributed by atoms with E-state index in [1.807, 2.05) is 29.2 Å². The van der Waals surface area contributed by atoms with Crippen LogP contribution in [-0.2, 0) is 6.42 Å². The molecule has 0 saturated carbocycles. The number of nitrogens with zero attached hydrogens (tertiary/aromatic N) is 1. The van der Waals surface area contributed by atoms with E-state index in [1.54, 1.807) is 42.5 Å². The number of hydrogen-bond donors (Lipinski definition) is 2. The van der Waals surface area contributed by atoms with E-state index in [-0.39, 0.29) is 16.9 Å². The van der Waals surface area contributed by atoms with Crippen LogP contribution in [-0.4, -0.2) is 41.5 Å². The fourth-order valence-corrected chi connectivity index (χ4v) is 4.01. The van der Waals surface area contributed by atoms with Crippen LogP contribution < -0.4 is 15.4 Å². The predicted octanol–water partition coefficient (Wildman–Crippen LogP) is 4.67. The normalized spacial score (nSPS) is 12.8. The quantitative estimate of drug-likeness (QED) is 0.488. The van der Waals surface area contributed by atoms with Gasteiger partial charge in [0.15, 0.2) is 5.11 Å². The van der Waals surface area contributed by atoms with E-state index in [1.165, 1.54) is 5.56 Å². The van der Waals surface area contributed by atoms with Gasteiger partial charge in [-0.15, -0.1) is 0 Å². The van der Waals surface area contributed by atoms with E-state index in [2.05, 4.69) is 22.8 Å². The van der Waals surface area contributed by atoms with Crippen molar-refractivity contribution in [2.45, 2.75) is 19.3 Å². The summed E-state index contributed by atoms with van der Waals surface area (Å²) in [5.74, 6) is 0.346. The maximum absolute atomic E-state index is 12.6. The minimum Gasteiger partial charge on any atom is -0.493 e. The minimum absolute atomic E-state index is 0.0470. The zero-order valence-electron chi connectivity index (χ0n) is 18.8. The van der Waals surface area contributed by atoms with E-state index < -0.39 is 0 Å². The number of hydrogen-bond acceptors (Lipinski definition) is 4. The summed E-state index contributed by atoms with van der Waals surface area (Å²) in [6.07, 6.45) is 2.90. The molecule has 2 amide bonds. The largest absolute Gasteiger partial charge is 0.493 e. The third-order valence-corrected chi connectivity index (χ3v) is 5.81. The first-order valence-corrected chi connectivity index (χ1v) is 11.8. The van der Waals surface area contributed by atoms with E-state index in [0.29, 0.717) is 29.2 Å². The van der Waals surface area contributed by atoms with Crippen molar-refractivity contribution in [1.29, 1.82) is 0 Å². The smallest absolute Gasteiger partial charge is 0.257 e. The number of benzene rings is 3. The fourth-order valence-electron chi connectivity index (χ4n) is 3.80. The number of amides is 2. The molecule has 6 nitrogen and oxygen atoms in total. The number of rotatable bonds is 7. The Morgan fingerprint density at radius 2 is 1.62 bits per heavy atom. The van der Waals surface area contributed by atoms with Crippen LogP contribution in [0.2, 0.25) is 0 Å². The summed E-state index contributed by atoms with van der Waals surface area (Å²) in [6.45, 7) is 2.15. The molecule has 0 atom stereocenters.